The standard InChI is InChI=1S/C27H26F3N3O5/c1-35-22-6-3-18(4-7-22)16-37-25-11-26(33-14-23(25)24-10-20(13-32-24)27(28,29)30)38-17-21-5-2-19(12-31-21)15-36-9-8-34/h2-7,10-14,32,34H,8-9,15-17H2,1H3. The molecule has 0 unspecified atom stereocenters. The highest BCUT2D eigenvalue weighted by atomic mass is 19.4. The Morgan fingerprint density at radius 2 is 1.68 bits per heavy atom. The lowest BCUT2D eigenvalue weighted by Gasteiger charge is -2.13. The molecule has 2 N–H and O–H groups in total. The third-order valence-corrected chi connectivity index (χ3v) is 5.45. The van der Waals surface area contributed by atoms with Gasteiger partial charge in [0.25, 0.3) is 0 Å². The first kappa shape index (κ1) is 27.0. The fourth-order valence-corrected chi connectivity index (χ4v) is 3.44. The van der Waals surface area contributed by atoms with Crippen LogP contribution in [-0.2, 0) is 30.7 Å². The molecule has 1 aromatic carbocycles. The van der Waals surface area contributed by atoms with Gasteiger partial charge in [-0.3, -0.25) is 4.98 Å². The summed E-state index contributed by atoms with van der Waals surface area (Å²) in [7, 11) is 1.57. The molecule has 3 aromatic heterocycles. The van der Waals surface area contributed by atoms with E-state index in [4.69, 9.17) is 24.1 Å². The summed E-state index contributed by atoms with van der Waals surface area (Å²) in [5.74, 6) is 1.21. The van der Waals surface area contributed by atoms with Crippen LogP contribution in [0.25, 0.3) is 11.3 Å². The van der Waals surface area contributed by atoms with Crippen molar-refractivity contribution in [1.82, 2.24) is 15.0 Å². The van der Waals surface area contributed by atoms with Crippen LogP contribution in [0.5, 0.6) is 17.4 Å². The third kappa shape index (κ3) is 7.24. The predicted octanol–water partition coefficient (Wildman–Crippen LogP) is 5.17. The topological polar surface area (TPSA) is 98.7 Å². The lowest BCUT2D eigenvalue weighted by atomic mass is 10.1. The number of hydrogen-bond acceptors (Lipinski definition) is 7. The summed E-state index contributed by atoms with van der Waals surface area (Å²) in [5.41, 5.74) is 2.09. The van der Waals surface area contributed by atoms with Gasteiger partial charge in [-0.2, -0.15) is 13.2 Å². The molecule has 0 amide bonds. The summed E-state index contributed by atoms with van der Waals surface area (Å²) in [6, 6.07) is 13.4. The molecule has 4 rings (SSSR count). The number of methoxy groups -OCH3 is 1. The quantitative estimate of drug-likeness (QED) is 0.245. The smallest absolute Gasteiger partial charge is 0.417 e. The molecule has 0 radical (unpaired) electrons. The molecule has 0 atom stereocenters. The van der Waals surface area contributed by atoms with Gasteiger partial charge in [0, 0.05) is 24.7 Å². The number of benzene rings is 1. The Morgan fingerprint density at radius 3 is 2.34 bits per heavy atom. The Kier molecular flexibility index (Phi) is 8.82. The van der Waals surface area contributed by atoms with Crippen LogP contribution in [0.1, 0.15) is 22.4 Å². The Hall–Kier alpha value is -4.09. The lowest BCUT2D eigenvalue weighted by Crippen LogP contribution is -2.03. The maximum atomic E-state index is 13.2. The highest BCUT2D eigenvalue weighted by Crippen LogP contribution is 2.36. The number of halogens is 3. The fourth-order valence-electron chi connectivity index (χ4n) is 3.44. The lowest BCUT2D eigenvalue weighted by molar-refractivity contribution is -0.137. The largest absolute Gasteiger partial charge is 0.497 e. The second-order valence-corrected chi connectivity index (χ2v) is 8.18. The fraction of sp³-hybridized carbons (Fsp3) is 0.259. The maximum absolute atomic E-state index is 13.2. The monoisotopic (exact) mass is 529 g/mol. The number of aromatic nitrogens is 3. The zero-order valence-corrected chi connectivity index (χ0v) is 20.5. The number of hydrogen-bond donors (Lipinski definition) is 2. The minimum absolute atomic E-state index is 0.0513. The second-order valence-electron chi connectivity index (χ2n) is 8.18. The number of aromatic amines is 1. The van der Waals surface area contributed by atoms with E-state index in [9.17, 15) is 13.2 Å². The second kappa shape index (κ2) is 12.4. The third-order valence-electron chi connectivity index (χ3n) is 5.45. The van der Waals surface area contributed by atoms with Gasteiger partial charge in [0.2, 0.25) is 5.88 Å². The molecule has 0 aliphatic heterocycles. The van der Waals surface area contributed by atoms with Gasteiger partial charge in [0.15, 0.2) is 0 Å². The van der Waals surface area contributed by atoms with E-state index < -0.39 is 11.7 Å². The minimum Gasteiger partial charge on any atom is -0.497 e. The number of ether oxygens (including phenoxy) is 4. The predicted molar refractivity (Wildman–Crippen MR) is 132 cm³/mol. The molecule has 3 heterocycles. The van der Waals surface area contributed by atoms with Crippen molar-refractivity contribution < 1.29 is 37.2 Å². The molecule has 0 aliphatic carbocycles. The Morgan fingerprint density at radius 1 is 0.895 bits per heavy atom. The molecule has 0 fully saturated rings. The van der Waals surface area contributed by atoms with Gasteiger partial charge in [0.05, 0.1) is 49.4 Å². The Balaban J connectivity index is 1.50. The van der Waals surface area contributed by atoms with Crippen LogP contribution in [0, 0.1) is 0 Å². The average Bonchev–Trinajstić information content (AvgIpc) is 3.43. The van der Waals surface area contributed by atoms with E-state index >= 15 is 0 Å². The molecule has 4 aromatic rings. The first-order valence-electron chi connectivity index (χ1n) is 11.6. The van der Waals surface area contributed by atoms with Crippen LogP contribution in [-0.4, -0.2) is 40.4 Å². The van der Waals surface area contributed by atoms with Crippen molar-refractivity contribution in [3.63, 3.8) is 0 Å². The van der Waals surface area contributed by atoms with Crippen molar-refractivity contribution in [1.29, 1.82) is 0 Å². The molecule has 0 bridgehead atoms. The van der Waals surface area contributed by atoms with Crippen molar-refractivity contribution in [3.8, 4) is 28.6 Å². The van der Waals surface area contributed by atoms with Crippen LogP contribution in [0.3, 0.4) is 0 Å². The van der Waals surface area contributed by atoms with Crippen molar-refractivity contribution in [2.45, 2.75) is 26.0 Å². The Labute approximate surface area is 217 Å². The van der Waals surface area contributed by atoms with Crippen molar-refractivity contribution in [2.75, 3.05) is 20.3 Å². The minimum atomic E-state index is -4.48. The number of aliphatic hydroxyl groups is 1. The number of nitrogens with zero attached hydrogens (tertiary/aromatic N) is 2. The number of aliphatic hydroxyl groups excluding tert-OH is 1. The summed E-state index contributed by atoms with van der Waals surface area (Å²) in [4.78, 5) is 11.2. The summed E-state index contributed by atoms with van der Waals surface area (Å²) in [5, 5.41) is 8.79. The average molecular weight is 530 g/mol. The number of H-pyrrole nitrogens is 1. The molecule has 0 aliphatic rings. The normalized spacial score (nSPS) is 11.4. The van der Waals surface area contributed by atoms with E-state index in [0.29, 0.717) is 29.4 Å². The van der Waals surface area contributed by atoms with Crippen LogP contribution in [0.2, 0.25) is 0 Å². The molecule has 8 nitrogen and oxygen atoms in total. The summed E-state index contributed by atoms with van der Waals surface area (Å²) < 4.78 is 61.7. The molecule has 38 heavy (non-hydrogen) atoms. The van der Waals surface area contributed by atoms with Gasteiger partial charge in [0.1, 0.15) is 24.7 Å². The molecular weight excluding hydrogens is 503 g/mol. The maximum Gasteiger partial charge on any atom is 0.417 e. The zero-order valence-electron chi connectivity index (χ0n) is 20.5. The molecule has 0 saturated heterocycles. The molecule has 11 heteroatoms. The van der Waals surface area contributed by atoms with Crippen molar-refractivity contribution in [2.24, 2.45) is 0 Å². The van der Waals surface area contributed by atoms with E-state index in [2.05, 4.69) is 15.0 Å². The number of nitrogens with one attached hydrogen (secondary N) is 1. The number of pyridine rings is 2. The first-order chi connectivity index (χ1) is 18.4. The van der Waals surface area contributed by atoms with Crippen LogP contribution < -0.4 is 14.2 Å². The summed E-state index contributed by atoms with van der Waals surface area (Å²) in [6.45, 7) is 0.804. The molecule has 200 valence electrons. The number of rotatable bonds is 12. The molecular formula is C27H26F3N3O5. The van der Waals surface area contributed by atoms with Gasteiger partial charge in [-0.1, -0.05) is 18.2 Å². The van der Waals surface area contributed by atoms with Gasteiger partial charge in [-0.25, -0.2) is 4.98 Å². The van der Waals surface area contributed by atoms with Gasteiger partial charge in [-0.05, 0) is 35.4 Å². The van der Waals surface area contributed by atoms with Gasteiger partial charge in [-0.15, -0.1) is 0 Å². The van der Waals surface area contributed by atoms with Gasteiger partial charge >= 0.3 is 6.18 Å². The highest BCUT2D eigenvalue weighted by molar-refractivity contribution is 5.68. The van der Waals surface area contributed by atoms with Crippen molar-refractivity contribution >= 4 is 0 Å². The van der Waals surface area contributed by atoms with E-state index in [1.165, 1.54) is 12.3 Å². The molecule has 0 saturated carbocycles. The van der Waals surface area contributed by atoms with E-state index in [0.717, 1.165) is 23.4 Å². The number of alkyl halides is 3. The van der Waals surface area contributed by atoms with Crippen LogP contribution in [0.15, 0.2) is 67.1 Å². The summed E-state index contributed by atoms with van der Waals surface area (Å²) in [6.07, 6.45) is -0.529. The first-order valence-corrected chi connectivity index (χ1v) is 11.6. The Bertz CT molecular complexity index is 1310. The summed E-state index contributed by atoms with van der Waals surface area (Å²) >= 11 is 0. The van der Waals surface area contributed by atoms with Gasteiger partial charge < -0.3 is 29.0 Å². The zero-order chi connectivity index (χ0) is 27.0. The van der Waals surface area contributed by atoms with Crippen LogP contribution >= 0.6 is 0 Å². The van der Waals surface area contributed by atoms with Crippen LogP contribution in [0.4, 0.5) is 13.2 Å². The van der Waals surface area contributed by atoms with E-state index in [1.54, 1.807) is 31.5 Å². The van der Waals surface area contributed by atoms with E-state index in [-0.39, 0.29) is 38.0 Å². The molecule has 0 spiro atoms. The van der Waals surface area contributed by atoms with Crippen molar-refractivity contribution in [3.05, 3.63) is 89.5 Å². The highest BCUT2D eigenvalue weighted by Gasteiger charge is 2.32. The SMILES string of the molecule is COc1ccc(COc2cc(OCc3ccc(COCCO)cn3)ncc2-c2cc(C(F)(F)F)c[nH]2)cc1. The van der Waals surface area contributed by atoms with E-state index in [1.807, 2.05) is 18.2 Å².